The van der Waals surface area contributed by atoms with Gasteiger partial charge in [-0.3, -0.25) is 0 Å². The fourth-order valence-corrected chi connectivity index (χ4v) is 7.33. The Morgan fingerprint density at radius 2 is 1.87 bits per heavy atom. The standard InChI is InChI=1S/C21H34O2/c1-12-16(13(2)22)6-7-17-18-5-4-14-10-15(23)8-9-21(14,3)20(18)11-19(12)17/h13-15,17-20,22-23H,4-11H2,1-3H3/t13-,14+,15+,17-,18-,19+,20-,21+/m1/s1. The van der Waals surface area contributed by atoms with Crippen LogP contribution < -0.4 is 0 Å². The number of aliphatic hydroxyl groups excluding tert-OH is 2. The van der Waals surface area contributed by atoms with E-state index in [1.54, 1.807) is 0 Å². The number of hydrogen-bond acceptors (Lipinski definition) is 2. The van der Waals surface area contributed by atoms with Crippen molar-refractivity contribution in [2.24, 2.45) is 35.0 Å². The van der Waals surface area contributed by atoms with E-state index in [2.05, 4.69) is 13.8 Å². The van der Waals surface area contributed by atoms with E-state index in [9.17, 15) is 10.2 Å². The van der Waals surface area contributed by atoms with E-state index in [1.807, 2.05) is 6.92 Å². The first-order valence-electron chi connectivity index (χ1n) is 9.97. The SMILES string of the molecule is CC1=C([C@@H](C)O)CC[C@@H]2[C@H]3CC[C@H]4C[C@@H](O)CC[C@]4(C)[C@@H]3C[C@@H]12. The predicted octanol–water partition coefficient (Wildman–Crippen LogP) is 4.31. The Hall–Kier alpha value is -0.340. The number of hydrogen-bond donors (Lipinski definition) is 2. The Morgan fingerprint density at radius 1 is 1.09 bits per heavy atom. The molecule has 2 heteroatoms. The van der Waals surface area contributed by atoms with Crippen LogP contribution in [0.15, 0.2) is 11.1 Å². The van der Waals surface area contributed by atoms with Crippen LogP contribution in [0.4, 0.5) is 0 Å². The second-order valence-corrected chi connectivity index (χ2v) is 9.41. The molecule has 0 spiro atoms. The molecule has 2 nitrogen and oxygen atoms in total. The molecule has 0 aromatic carbocycles. The van der Waals surface area contributed by atoms with Crippen molar-refractivity contribution in [2.45, 2.75) is 84.3 Å². The summed E-state index contributed by atoms with van der Waals surface area (Å²) < 4.78 is 0. The van der Waals surface area contributed by atoms with Gasteiger partial charge in [0.25, 0.3) is 0 Å². The maximum atomic E-state index is 10.1. The number of aliphatic hydroxyl groups is 2. The molecule has 3 saturated carbocycles. The smallest absolute Gasteiger partial charge is 0.0724 e. The topological polar surface area (TPSA) is 40.5 Å². The minimum Gasteiger partial charge on any atom is -0.393 e. The third-order valence-corrected chi connectivity index (χ3v) is 8.61. The monoisotopic (exact) mass is 318 g/mol. The van der Waals surface area contributed by atoms with Crippen LogP contribution in [0.5, 0.6) is 0 Å². The van der Waals surface area contributed by atoms with Gasteiger partial charge in [0.1, 0.15) is 0 Å². The molecule has 23 heavy (non-hydrogen) atoms. The van der Waals surface area contributed by atoms with Crippen LogP contribution in [-0.2, 0) is 0 Å². The van der Waals surface area contributed by atoms with Crippen molar-refractivity contribution >= 4 is 0 Å². The molecule has 4 rings (SSSR count). The molecule has 0 aliphatic heterocycles. The van der Waals surface area contributed by atoms with Crippen LogP contribution in [-0.4, -0.2) is 22.4 Å². The molecule has 0 aromatic rings. The highest BCUT2D eigenvalue weighted by molar-refractivity contribution is 5.25. The van der Waals surface area contributed by atoms with Crippen molar-refractivity contribution < 1.29 is 10.2 Å². The van der Waals surface area contributed by atoms with Gasteiger partial charge in [-0.2, -0.15) is 0 Å². The van der Waals surface area contributed by atoms with Gasteiger partial charge in [-0.05, 0) is 106 Å². The van der Waals surface area contributed by atoms with Gasteiger partial charge >= 0.3 is 0 Å². The molecule has 3 fully saturated rings. The van der Waals surface area contributed by atoms with Crippen LogP contribution >= 0.6 is 0 Å². The van der Waals surface area contributed by atoms with Crippen molar-refractivity contribution in [1.29, 1.82) is 0 Å². The normalized spacial score (nSPS) is 51.0. The van der Waals surface area contributed by atoms with Crippen LogP contribution in [0.1, 0.15) is 72.1 Å². The molecular weight excluding hydrogens is 284 g/mol. The van der Waals surface area contributed by atoms with Crippen molar-refractivity contribution in [3.05, 3.63) is 11.1 Å². The summed E-state index contributed by atoms with van der Waals surface area (Å²) in [5.41, 5.74) is 3.33. The number of fused-ring (bicyclic) bond motifs is 5. The Morgan fingerprint density at radius 3 is 2.61 bits per heavy atom. The zero-order chi connectivity index (χ0) is 16.4. The van der Waals surface area contributed by atoms with Gasteiger partial charge in [0.2, 0.25) is 0 Å². The van der Waals surface area contributed by atoms with E-state index in [0.29, 0.717) is 5.41 Å². The lowest BCUT2D eigenvalue weighted by molar-refractivity contribution is -0.0671. The van der Waals surface area contributed by atoms with Gasteiger partial charge in [-0.1, -0.05) is 12.5 Å². The van der Waals surface area contributed by atoms with E-state index in [-0.39, 0.29) is 12.2 Å². The van der Waals surface area contributed by atoms with Gasteiger partial charge in [-0.25, -0.2) is 0 Å². The first-order valence-corrected chi connectivity index (χ1v) is 9.97. The van der Waals surface area contributed by atoms with Crippen LogP contribution in [0, 0.1) is 35.0 Å². The second kappa shape index (κ2) is 5.59. The molecule has 0 unspecified atom stereocenters. The van der Waals surface area contributed by atoms with Gasteiger partial charge in [0, 0.05) is 0 Å². The average Bonchev–Trinajstić information content (AvgIpc) is 2.89. The maximum absolute atomic E-state index is 10.1. The summed E-state index contributed by atoms with van der Waals surface area (Å²) >= 11 is 0. The van der Waals surface area contributed by atoms with Gasteiger partial charge in [0.05, 0.1) is 12.2 Å². The molecule has 8 atom stereocenters. The van der Waals surface area contributed by atoms with Gasteiger partial charge in [-0.15, -0.1) is 0 Å². The minimum absolute atomic E-state index is 0.0446. The fourth-order valence-electron chi connectivity index (χ4n) is 7.33. The first-order chi connectivity index (χ1) is 10.9. The average molecular weight is 319 g/mol. The lowest BCUT2D eigenvalue weighted by atomic mass is 9.52. The first kappa shape index (κ1) is 16.1. The molecule has 4 aliphatic carbocycles. The summed E-state index contributed by atoms with van der Waals surface area (Å²) in [6.45, 7) is 6.80. The van der Waals surface area contributed by atoms with E-state index < -0.39 is 0 Å². The minimum atomic E-state index is -0.258. The fraction of sp³-hybridized carbons (Fsp3) is 0.905. The zero-order valence-corrected chi connectivity index (χ0v) is 15.1. The van der Waals surface area contributed by atoms with Crippen molar-refractivity contribution in [3.63, 3.8) is 0 Å². The maximum Gasteiger partial charge on any atom is 0.0724 e. The quantitative estimate of drug-likeness (QED) is 0.707. The third-order valence-electron chi connectivity index (χ3n) is 8.61. The Labute approximate surface area is 141 Å². The Balaban J connectivity index is 1.63. The summed E-state index contributed by atoms with van der Waals surface area (Å²) in [4.78, 5) is 0. The predicted molar refractivity (Wildman–Crippen MR) is 92.9 cm³/mol. The molecule has 0 amide bonds. The molecule has 0 aromatic heterocycles. The molecular formula is C21H34O2. The van der Waals surface area contributed by atoms with Crippen LogP contribution in [0.3, 0.4) is 0 Å². The number of allylic oxidation sites excluding steroid dienone is 1. The molecule has 0 radical (unpaired) electrons. The molecule has 0 heterocycles. The molecule has 4 aliphatic rings. The van der Waals surface area contributed by atoms with E-state index in [4.69, 9.17) is 0 Å². The number of rotatable bonds is 1. The summed E-state index contributed by atoms with van der Waals surface area (Å²) in [6, 6.07) is 0. The third kappa shape index (κ3) is 2.35. The van der Waals surface area contributed by atoms with E-state index >= 15 is 0 Å². The highest BCUT2D eigenvalue weighted by Gasteiger charge is 2.57. The van der Waals surface area contributed by atoms with Crippen molar-refractivity contribution in [3.8, 4) is 0 Å². The van der Waals surface area contributed by atoms with E-state index in [1.165, 1.54) is 43.3 Å². The van der Waals surface area contributed by atoms with Crippen LogP contribution in [0.2, 0.25) is 0 Å². The lowest BCUT2D eigenvalue weighted by Crippen LogP contribution is -2.47. The lowest BCUT2D eigenvalue weighted by Gasteiger charge is -2.53. The highest BCUT2D eigenvalue weighted by atomic mass is 16.3. The summed E-state index contributed by atoms with van der Waals surface area (Å²) in [6.07, 6.45) is 9.47. The molecule has 0 bridgehead atoms. The second-order valence-electron chi connectivity index (χ2n) is 9.41. The molecule has 130 valence electrons. The summed E-state index contributed by atoms with van der Waals surface area (Å²) in [7, 11) is 0. The van der Waals surface area contributed by atoms with Gasteiger partial charge < -0.3 is 10.2 Å². The van der Waals surface area contributed by atoms with Crippen molar-refractivity contribution in [1.82, 2.24) is 0 Å². The van der Waals surface area contributed by atoms with Crippen LogP contribution in [0.25, 0.3) is 0 Å². The van der Waals surface area contributed by atoms with E-state index in [0.717, 1.165) is 48.9 Å². The highest BCUT2D eigenvalue weighted by Crippen LogP contribution is 2.65. The summed E-state index contributed by atoms with van der Waals surface area (Å²) in [5, 5.41) is 20.2. The molecule has 0 saturated heterocycles. The Kier molecular flexibility index (Phi) is 3.93. The van der Waals surface area contributed by atoms with Crippen molar-refractivity contribution in [2.75, 3.05) is 0 Å². The molecule has 2 N–H and O–H groups in total. The zero-order valence-electron chi connectivity index (χ0n) is 15.1. The summed E-state index contributed by atoms with van der Waals surface area (Å²) in [5.74, 6) is 4.10. The van der Waals surface area contributed by atoms with Gasteiger partial charge in [0.15, 0.2) is 0 Å². The Bertz CT molecular complexity index is 508. The largest absolute Gasteiger partial charge is 0.393 e.